The van der Waals surface area contributed by atoms with Crippen molar-refractivity contribution in [3.05, 3.63) is 0 Å². The fraction of sp³-hybridized carbons (Fsp3) is 0.667. The minimum Gasteiger partial charge on any atom is -0.328 e. The Hall–Kier alpha value is -0.620. The predicted molar refractivity (Wildman–Crippen MR) is 52.0 cm³/mol. The molecule has 1 aliphatic heterocycles. The van der Waals surface area contributed by atoms with E-state index in [0.29, 0.717) is 6.04 Å². The highest BCUT2D eigenvalue weighted by Crippen LogP contribution is 2.17. The van der Waals surface area contributed by atoms with Gasteiger partial charge in [0.1, 0.15) is 0 Å². The van der Waals surface area contributed by atoms with E-state index in [2.05, 4.69) is 24.5 Å². The number of amides is 1. The Morgan fingerprint density at radius 3 is 3.08 bits per heavy atom. The predicted octanol–water partition coefficient (Wildman–Crippen LogP) is 0.931. The van der Waals surface area contributed by atoms with Gasteiger partial charge in [0.05, 0.1) is 0 Å². The third-order valence-corrected chi connectivity index (χ3v) is 2.50. The van der Waals surface area contributed by atoms with Gasteiger partial charge in [0.2, 0.25) is 0 Å². The van der Waals surface area contributed by atoms with Crippen LogP contribution in [0.25, 0.3) is 0 Å². The van der Waals surface area contributed by atoms with Gasteiger partial charge in [-0.15, -0.1) is 0 Å². The molecule has 0 unspecified atom stereocenters. The maximum Gasteiger partial charge on any atom is 0.298 e. The molecule has 1 rings (SSSR count). The standard InChI is InChI=1S/C9H13NOS/c1-2-4-9(11)10-6-3-5-8(10)7-12/h8,12H,3,5-7H2,1H3/t8-/m1/s1. The van der Waals surface area contributed by atoms with Crippen LogP contribution in [0, 0.1) is 11.8 Å². The summed E-state index contributed by atoms with van der Waals surface area (Å²) in [6.07, 6.45) is 2.16. The van der Waals surface area contributed by atoms with E-state index in [1.165, 1.54) is 0 Å². The molecule has 1 fully saturated rings. The van der Waals surface area contributed by atoms with E-state index in [-0.39, 0.29) is 5.91 Å². The lowest BCUT2D eigenvalue weighted by Gasteiger charge is -2.20. The molecule has 0 aromatic carbocycles. The Bertz CT molecular complexity index is 228. The summed E-state index contributed by atoms with van der Waals surface area (Å²) in [6.45, 7) is 2.53. The van der Waals surface area contributed by atoms with E-state index in [0.717, 1.165) is 25.1 Å². The Balaban J connectivity index is 2.59. The topological polar surface area (TPSA) is 20.3 Å². The number of likely N-dealkylation sites (tertiary alicyclic amines) is 1. The SMILES string of the molecule is CC#CC(=O)N1CCC[C@@H]1CS. The second-order valence-electron chi connectivity index (χ2n) is 2.85. The van der Waals surface area contributed by atoms with Gasteiger partial charge in [-0.2, -0.15) is 12.6 Å². The molecule has 2 nitrogen and oxygen atoms in total. The zero-order chi connectivity index (χ0) is 8.97. The second-order valence-corrected chi connectivity index (χ2v) is 3.22. The molecule has 0 saturated carbocycles. The zero-order valence-corrected chi connectivity index (χ0v) is 8.10. The summed E-state index contributed by atoms with van der Waals surface area (Å²) in [5.41, 5.74) is 0. The molecule has 0 aromatic rings. The van der Waals surface area contributed by atoms with Crippen molar-refractivity contribution in [2.45, 2.75) is 25.8 Å². The van der Waals surface area contributed by atoms with Crippen LogP contribution >= 0.6 is 12.6 Å². The van der Waals surface area contributed by atoms with Crippen LogP contribution in [-0.4, -0.2) is 29.1 Å². The van der Waals surface area contributed by atoms with Crippen LogP contribution in [0.3, 0.4) is 0 Å². The van der Waals surface area contributed by atoms with Gasteiger partial charge in [0.25, 0.3) is 5.91 Å². The van der Waals surface area contributed by atoms with Crippen molar-refractivity contribution in [2.75, 3.05) is 12.3 Å². The Labute approximate surface area is 78.7 Å². The van der Waals surface area contributed by atoms with Crippen molar-refractivity contribution >= 4 is 18.5 Å². The lowest BCUT2D eigenvalue weighted by atomic mass is 10.2. The summed E-state index contributed by atoms with van der Waals surface area (Å²) in [4.78, 5) is 13.2. The van der Waals surface area contributed by atoms with Gasteiger partial charge < -0.3 is 4.90 Å². The fourth-order valence-corrected chi connectivity index (χ4v) is 1.85. The largest absolute Gasteiger partial charge is 0.328 e. The fourth-order valence-electron chi connectivity index (χ4n) is 1.47. The number of thiol groups is 1. The highest BCUT2D eigenvalue weighted by Gasteiger charge is 2.26. The van der Waals surface area contributed by atoms with Crippen LogP contribution < -0.4 is 0 Å². The maximum atomic E-state index is 11.3. The monoisotopic (exact) mass is 183 g/mol. The first kappa shape index (κ1) is 9.47. The van der Waals surface area contributed by atoms with Crippen LogP contribution in [0.2, 0.25) is 0 Å². The molecular formula is C9H13NOS. The maximum absolute atomic E-state index is 11.3. The van der Waals surface area contributed by atoms with Gasteiger partial charge >= 0.3 is 0 Å². The molecule has 1 amide bonds. The third kappa shape index (κ3) is 1.95. The third-order valence-electron chi connectivity index (χ3n) is 2.08. The number of nitrogens with zero attached hydrogens (tertiary/aromatic N) is 1. The number of hydrogen-bond acceptors (Lipinski definition) is 2. The van der Waals surface area contributed by atoms with Gasteiger partial charge in [-0.1, -0.05) is 5.92 Å². The average molecular weight is 183 g/mol. The highest BCUT2D eigenvalue weighted by atomic mass is 32.1. The molecule has 1 saturated heterocycles. The van der Waals surface area contributed by atoms with Crippen LogP contribution in [0.15, 0.2) is 0 Å². The van der Waals surface area contributed by atoms with Gasteiger partial charge in [0, 0.05) is 18.3 Å². The average Bonchev–Trinajstić information content (AvgIpc) is 2.51. The molecular weight excluding hydrogens is 170 g/mol. The molecule has 0 aliphatic carbocycles. The van der Waals surface area contributed by atoms with E-state index >= 15 is 0 Å². The number of carbonyl (C=O) groups excluding carboxylic acids is 1. The zero-order valence-electron chi connectivity index (χ0n) is 7.21. The van der Waals surface area contributed by atoms with Gasteiger partial charge in [-0.3, -0.25) is 4.79 Å². The Morgan fingerprint density at radius 2 is 2.50 bits per heavy atom. The van der Waals surface area contributed by atoms with E-state index in [1.807, 2.05) is 4.90 Å². The molecule has 0 spiro atoms. The van der Waals surface area contributed by atoms with Crippen LogP contribution in [0.5, 0.6) is 0 Å². The minimum absolute atomic E-state index is 0.0472. The molecule has 0 radical (unpaired) electrons. The lowest BCUT2D eigenvalue weighted by Crippen LogP contribution is -2.35. The second kappa shape index (κ2) is 4.42. The summed E-state index contributed by atoms with van der Waals surface area (Å²) in [7, 11) is 0. The molecule has 1 atom stereocenters. The smallest absolute Gasteiger partial charge is 0.298 e. The van der Waals surface area contributed by atoms with Crippen molar-refractivity contribution in [2.24, 2.45) is 0 Å². The van der Waals surface area contributed by atoms with Gasteiger partial charge in [-0.25, -0.2) is 0 Å². The van der Waals surface area contributed by atoms with Crippen LogP contribution in [0.4, 0.5) is 0 Å². The van der Waals surface area contributed by atoms with Gasteiger partial charge in [0.15, 0.2) is 0 Å². The molecule has 0 bridgehead atoms. The van der Waals surface area contributed by atoms with Crippen LogP contribution in [-0.2, 0) is 4.79 Å². The minimum atomic E-state index is -0.0472. The first-order valence-electron chi connectivity index (χ1n) is 4.13. The van der Waals surface area contributed by atoms with Gasteiger partial charge in [-0.05, 0) is 25.7 Å². The molecule has 1 heterocycles. The first-order valence-corrected chi connectivity index (χ1v) is 4.77. The number of carbonyl (C=O) groups is 1. The molecule has 1 aliphatic rings. The lowest BCUT2D eigenvalue weighted by molar-refractivity contribution is -0.125. The summed E-state index contributed by atoms with van der Waals surface area (Å²) in [5, 5.41) is 0. The summed E-state index contributed by atoms with van der Waals surface area (Å²) in [5.74, 6) is 5.88. The molecule has 66 valence electrons. The Kier molecular flexibility index (Phi) is 3.48. The molecule has 0 N–H and O–H groups in total. The summed E-state index contributed by atoms with van der Waals surface area (Å²) < 4.78 is 0. The molecule has 0 aromatic heterocycles. The van der Waals surface area contributed by atoms with E-state index in [1.54, 1.807) is 6.92 Å². The highest BCUT2D eigenvalue weighted by molar-refractivity contribution is 7.80. The van der Waals surface area contributed by atoms with E-state index < -0.39 is 0 Å². The van der Waals surface area contributed by atoms with Crippen molar-refractivity contribution in [3.8, 4) is 11.8 Å². The molecule has 12 heavy (non-hydrogen) atoms. The van der Waals surface area contributed by atoms with Crippen molar-refractivity contribution < 1.29 is 4.79 Å². The van der Waals surface area contributed by atoms with Crippen molar-refractivity contribution in [3.63, 3.8) is 0 Å². The quantitative estimate of drug-likeness (QED) is 0.473. The number of hydrogen-bond donors (Lipinski definition) is 1. The van der Waals surface area contributed by atoms with Crippen molar-refractivity contribution in [1.29, 1.82) is 0 Å². The number of rotatable bonds is 1. The summed E-state index contributed by atoms with van der Waals surface area (Å²) >= 11 is 4.20. The first-order chi connectivity index (χ1) is 5.79. The normalized spacial score (nSPS) is 21.8. The van der Waals surface area contributed by atoms with E-state index in [4.69, 9.17) is 0 Å². The summed E-state index contributed by atoms with van der Waals surface area (Å²) in [6, 6.07) is 0.307. The van der Waals surface area contributed by atoms with Crippen LogP contribution in [0.1, 0.15) is 19.8 Å². The Morgan fingerprint density at radius 1 is 1.75 bits per heavy atom. The van der Waals surface area contributed by atoms with E-state index in [9.17, 15) is 4.79 Å². The van der Waals surface area contributed by atoms with Crippen molar-refractivity contribution in [1.82, 2.24) is 4.90 Å². The molecule has 3 heteroatoms.